The number of nitrogens with one attached hydrogen (secondary N) is 1. The summed E-state index contributed by atoms with van der Waals surface area (Å²) in [7, 11) is 0. The van der Waals surface area contributed by atoms with Gasteiger partial charge in [0.15, 0.2) is 0 Å². The number of hydrogen-bond donors (Lipinski definition) is 2. The summed E-state index contributed by atoms with van der Waals surface area (Å²) >= 11 is 0. The van der Waals surface area contributed by atoms with Gasteiger partial charge >= 0.3 is 0 Å². The standard InChI is InChI=1S/C21H26N2O/c1-3-19(15-24)22-12-18-14-23(21-11-7-6-10-20(18)21)13-17-9-5-4-8-16(17)2/h4-11,14,19,22,24H,3,12-13,15H2,1-2H3/t19-/m0/s1. The average molecular weight is 322 g/mol. The Bertz CT molecular complexity index is 802. The van der Waals surface area contributed by atoms with E-state index < -0.39 is 0 Å². The van der Waals surface area contributed by atoms with Crippen molar-refractivity contribution in [3.63, 3.8) is 0 Å². The summed E-state index contributed by atoms with van der Waals surface area (Å²) in [5.74, 6) is 0. The van der Waals surface area contributed by atoms with Crippen LogP contribution in [0.1, 0.15) is 30.0 Å². The lowest BCUT2D eigenvalue weighted by molar-refractivity contribution is 0.238. The Labute approximate surface area is 143 Å². The Morgan fingerprint density at radius 1 is 1.04 bits per heavy atom. The molecule has 0 unspecified atom stereocenters. The van der Waals surface area contributed by atoms with Crippen LogP contribution in [-0.4, -0.2) is 22.3 Å². The van der Waals surface area contributed by atoms with Crippen LogP contribution in [0.3, 0.4) is 0 Å². The first-order valence-corrected chi connectivity index (χ1v) is 8.68. The molecule has 3 rings (SSSR count). The van der Waals surface area contributed by atoms with Crippen molar-refractivity contribution in [1.82, 2.24) is 9.88 Å². The molecule has 126 valence electrons. The Kier molecular flexibility index (Phi) is 5.34. The highest BCUT2D eigenvalue weighted by atomic mass is 16.3. The van der Waals surface area contributed by atoms with Gasteiger partial charge in [-0.25, -0.2) is 0 Å². The maximum Gasteiger partial charge on any atom is 0.0584 e. The number of aromatic nitrogens is 1. The van der Waals surface area contributed by atoms with Crippen LogP contribution in [0, 0.1) is 6.92 Å². The second-order valence-electron chi connectivity index (χ2n) is 6.39. The molecule has 0 saturated heterocycles. The summed E-state index contributed by atoms with van der Waals surface area (Å²) in [6.45, 7) is 6.09. The number of aryl methyl sites for hydroxylation is 1. The maximum absolute atomic E-state index is 9.38. The fourth-order valence-electron chi connectivity index (χ4n) is 3.16. The smallest absolute Gasteiger partial charge is 0.0584 e. The molecule has 0 spiro atoms. The Morgan fingerprint density at radius 2 is 1.79 bits per heavy atom. The zero-order chi connectivity index (χ0) is 16.9. The van der Waals surface area contributed by atoms with Crippen molar-refractivity contribution in [3.05, 3.63) is 71.4 Å². The first kappa shape index (κ1) is 16.7. The highest BCUT2D eigenvalue weighted by molar-refractivity contribution is 5.84. The van der Waals surface area contributed by atoms with E-state index in [1.807, 2.05) is 0 Å². The summed E-state index contributed by atoms with van der Waals surface area (Å²) in [5, 5.41) is 14.1. The van der Waals surface area contributed by atoms with Crippen LogP contribution < -0.4 is 5.32 Å². The molecule has 0 aliphatic rings. The zero-order valence-electron chi connectivity index (χ0n) is 14.5. The molecule has 2 N–H and O–H groups in total. The lowest BCUT2D eigenvalue weighted by Gasteiger charge is -2.13. The van der Waals surface area contributed by atoms with Crippen LogP contribution in [-0.2, 0) is 13.1 Å². The highest BCUT2D eigenvalue weighted by Gasteiger charge is 2.11. The van der Waals surface area contributed by atoms with Crippen molar-refractivity contribution in [2.24, 2.45) is 0 Å². The van der Waals surface area contributed by atoms with Crippen LogP contribution in [0.4, 0.5) is 0 Å². The number of aliphatic hydroxyl groups excluding tert-OH is 1. The highest BCUT2D eigenvalue weighted by Crippen LogP contribution is 2.23. The van der Waals surface area contributed by atoms with Crippen LogP contribution in [0.25, 0.3) is 10.9 Å². The predicted molar refractivity (Wildman–Crippen MR) is 100 cm³/mol. The zero-order valence-corrected chi connectivity index (χ0v) is 14.5. The molecule has 3 heteroatoms. The number of nitrogens with zero attached hydrogens (tertiary/aromatic N) is 1. The lowest BCUT2D eigenvalue weighted by atomic mass is 10.1. The van der Waals surface area contributed by atoms with E-state index in [1.54, 1.807) is 0 Å². The topological polar surface area (TPSA) is 37.2 Å². The summed E-state index contributed by atoms with van der Waals surface area (Å²) in [5.41, 5.74) is 5.21. The lowest BCUT2D eigenvalue weighted by Crippen LogP contribution is -2.31. The number of rotatable bonds is 7. The number of para-hydroxylation sites is 1. The van der Waals surface area contributed by atoms with Gasteiger partial charge in [-0.1, -0.05) is 49.4 Å². The number of fused-ring (bicyclic) bond motifs is 1. The fraction of sp³-hybridized carbons (Fsp3) is 0.333. The van der Waals surface area contributed by atoms with Crippen molar-refractivity contribution in [2.75, 3.05) is 6.61 Å². The van der Waals surface area contributed by atoms with Crippen molar-refractivity contribution in [2.45, 2.75) is 39.4 Å². The van der Waals surface area contributed by atoms with Crippen LogP contribution in [0.5, 0.6) is 0 Å². The summed E-state index contributed by atoms with van der Waals surface area (Å²) in [6, 6.07) is 17.2. The third kappa shape index (κ3) is 3.53. The van der Waals surface area contributed by atoms with Gasteiger partial charge in [-0.3, -0.25) is 0 Å². The molecule has 0 saturated carbocycles. The van der Waals surface area contributed by atoms with Crippen molar-refractivity contribution in [3.8, 4) is 0 Å². The number of benzene rings is 2. The number of hydrogen-bond acceptors (Lipinski definition) is 2. The quantitative estimate of drug-likeness (QED) is 0.693. The number of aliphatic hydroxyl groups is 1. The van der Waals surface area contributed by atoms with Gasteiger partial charge in [-0.2, -0.15) is 0 Å². The van der Waals surface area contributed by atoms with Gasteiger partial charge in [0.25, 0.3) is 0 Å². The van der Waals surface area contributed by atoms with E-state index in [2.05, 4.69) is 78.5 Å². The summed E-state index contributed by atoms with van der Waals surface area (Å²) in [4.78, 5) is 0. The monoisotopic (exact) mass is 322 g/mol. The van der Waals surface area contributed by atoms with E-state index >= 15 is 0 Å². The molecule has 1 atom stereocenters. The normalized spacial score (nSPS) is 12.6. The minimum absolute atomic E-state index is 0.156. The van der Waals surface area contributed by atoms with E-state index in [9.17, 15) is 5.11 Å². The summed E-state index contributed by atoms with van der Waals surface area (Å²) in [6.07, 6.45) is 3.17. The third-order valence-electron chi connectivity index (χ3n) is 4.77. The van der Waals surface area contributed by atoms with Gasteiger partial charge in [0.05, 0.1) is 6.61 Å². The van der Waals surface area contributed by atoms with Gasteiger partial charge in [0.2, 0.25) is 0 Å². The second kappa shape index (κ2) is 7.65. The predicted octanol–water partition coefficient (Wildman–Crippen LogP) is 3.86. The third-order valence-corrected chi connectivity index (χ3v) is 4.77. The Balaban J connectivity index is 1.90. The average Bonchev–Trinajstić information content (AvgIpc) is 2.96. The van der Waals surface area contributed by atoms with E-state index in [1.165, 1.54) is 27.6 Å². The largest absolute Gasteiger partial charge is 0.395 e. The molecule has 1 heterocycles. The van der Waals surface area contributed by atoms with E-state index in [-0.39, 0.29) is 12.6 Å². The van der Waals surface area contributed by atoms with Crippen molar-refractivity contribution < 1.29 is 5.11 Å². The van der Waals surface area contributed by atoms with Gasteiger partial charge in [0.1, 0.15) is 0 Å². The van der Waals surface area contributed by atoms with Crippen LogP contribution in [0.2, 0.25) is 0 Å². The van der Waals surface area contributed by atoms with Crippen LogP contribution in [0.15, 0.2) is 54.7 Å². The van der Waals surface area contributed by atoms with Gasteiger partial charge in [-0.05, 0) is 36.1 Å². The molecule has 0 amide bonds. The molecule has 0 fully saturated rings. The molecular formula is C21H26N2O. The molecule has 3 nitrogen and oxygen atoms in total. The Hall–Kier alpha value is -2.10. The van der Waals surface area contributed by atoms with E-state index in [4.69, 9.17) is 0 Å². The molecule has 0 aliphatic heterocycles. The molecule has 1 aromatic heterocycles. The van der Waals surface area contributed by atoms with E-state index in [0.717, 1.165) is 19.5 Å². The van der Waals surface area contributed by atoms with Gasteiger partial charge in [-0.15, -0.1) is 0 Å². The first-order valence-electron chi connectivity index (χ1n) is 8.68. The Morgan fingerprint density at radius 3 is 2.54 bits per heavy atom. The van der Waals surface area contributed by atoms with Gasteiger partial charge < -0.3 is 15.0 Å². The van der Waals surface area contributed by atoms with Crippen LogP contribution >= 0.6 is 0 Å². The van der Waals surface area contributed by atoms with Crippen molar-refractivity contribution in [1.29, 1.82) is 0 Å². The fourth-order valence-corrected chi connectivity index (χ4v) is 3.16. The minimum atomic E-state index is 0.156. The van der Waals surface area contributed by atoms with E-state index in [0.29, 0.717) is 0 Å². The second-order valence-corrected chi connectivity index (χ2v) is 6.39. The molecule has 2 aromatic carbocycles. The molecule has 24 heavy (non-hydrogen) atoms. The maximum atomic E-state index is 9.38. The molecule has 0 bridgehead atoms. The SMILES string of the molecule is CC[C@@H](CO)NCc1cn(Cc2ccccc2C)c2ccccc12. The van der Waals surface area contributed by atoms with Gasteiger partial charge in [0, 0.05) is 36.2 Å². The van der Waals surface area contributed by atoms with Crippen molar-refractivity contribution >= 4 is 10.9 Å². The molecule has 3 aromatic rings. The molecule has 0 aliphatic carbocycles. The summed E-state index contributed by atoms with van der Waals surface area (Å²) < 4.78 is 2.33. The molecule has 0 radical (unpaired) electrons. The minimum Gasteiger partial charge on any atom is -0.395 e. The first-order chi connectivity index (χ1) is 11.7. The molecular weight excluding hydrogens is 296 g/mol.